The van der Waals surface area contributed by atoms with E-state index >= 15 is 0 Å². The van der Waals surface area contributed by atoms with Gasteiger partial charge in [0.1, 0.15) is 0 Å². The standard InChI is InChI=1S/C23H32N2O.C2H6/c1-4-5-13-25(21-15-20(16-24)9-8-19(21)2)18-22(3)10-6-11-23(17-22)12-7-14-26-23;1-2/h5,8-9,13,15H,4,6-7,10-12,14,17-18H2,1-3H3;1-2H3/b13-5-;/t22-,23?;/m0./s1. The van der Waals surface area contributed by atoms with Gasteiger partial charge in [-0.25, -0.2) is 0 Å². The SMILES string of the molecule is CC.CC/C=C\N(C[C@@]1(C)CCCC2(CCCO2)C1)c1cc(C#N)ccc1C. The molecule has 3 nitrogen and oxygen atoms in total. The van der Waals surface area contributed by atoms with Gasteiger partial charge in [-0.2, -0.15) is 5.26 Å². The van der Waals surface area contributed by atoms with Gasteiger partial charge in [-0.15, -0.1) is 0 Å². The summed E-state index contributed by atoms with van der Waals surface area (Å²) in [5, 5.41) is 9.32. The highest BCUT2D eigenvalue weighted by molar-refractivity contribution is 5.59. The molecule has 1 aromatic carbocycles. The summed E-state index contributed by atoms with van der Waals surface area (Å²) in [6, 6.07) is 8.29. The average molecular weight is 383 g/mol. The highest BCUT2D eigenvalue weighted by atomic mass is 16.5. The first-order valence-electron chi connectivity index (χ1n) is 11.1. The van der Waals surface area contributed by atoms with Crippen LogP contribution in [0.25, 0.3) is 0 Å². The zero-order valence-electron chi connectivity index (χ0n) is 18.6. The van der Waals surface area contributed by atoms with Crippen molar-refractivity contribution in [2.45, 2.75) is 85.2 Å². The van der Waals surface area contributed by atoms with Crippen molar-refractivity contribution in [2.24, 2.45) is 5.41 Å². The first-order valence-corrected chi connectivity index (χ1v) is 11.1. The van der Waals surface area contributed by atoms with Gasteiger partial charge in [-0.3, -0.25) is 0 Å². The fourth-order valence-electron chi connectivity index (χ4n) is 4.87. The van der Waals surface area contributed by atoms with Crippen LogP contribution in [-0.2, 0) is 4.74 Å². The summed E-state index contributed by atoms with van der Waals surface area (Å²) in [7, 11) is 0. The van der Waals surface area contributed by atoms with Crippen molar-refractivity contribution in [1.29, 1.82) is 5.26 Å². The number of nitrogens with zero attached hydrogens (tertiary/aromatic N) is 2. The van der Waals surface area contributed by atoms with Gasteiger partial charge in [-0.05, 0) is 75.0 Å². The predicted octanol–water partition coefficient (Wildman–Crippen LogP) is 6.75. The molecule has 0 aromatic heterocycles. The van der Waals surface area contributed by atoms with Crippen LogP contribution in [0.4, 0.5) is 5.69 Å². The van der Waals surface area contributed by atoms with E-state index in [9.17, 15) is 5.26 Å². The van der Waals surface area contributed by atoms with Gasteiger partial charge in [0, 0.05) is 25.0 Å². The topological polar surface area (TPSA) is 36.3 Å². The molecule has 1 aliphatic heterocycles. The molecule has 1 saturated heterocycles. The Morgan fingerprint density at radius 3 is 2.61 bits per heavy atom. The molecule has 3 heteroatoms. The number of aryl methyl sites for hydroxylation is 1. The van der Waals surface area contributed by atoms with Crippen molar-refractivity contribution in [1.82, 2.24) is 0 Å². The van der Waals surface area contributed by atoms with E-state index in [1.54, 1.807) is 0 Å². The molecule has 0 bridgehead atoms. The highest BCUT2D eigenvalue weighted by Gasteiger charge is 2.45. The van der Waals surface area contributed by atoms with E-state index in [0.29, 0.717) is 0 Å². The van der Waals surface area contributed by atoms with Crippen LogP contribution in [0.5, 0.6) is 0 Å². The number of anilines is 1. The van der Waals surface area contributed by atoms with Crippen LogP contribution in [-0.4, -0.2) is 18.8 Å². The van der Waals surface area contributed by atoms with Gasteiger partial charge < -0.3 is 9.64 Å². The Bertz CT molecular complexity index is 697. The maximum atomic E-state index is 9.32. The van der Waals surface area contributed by atoms with Crippen LogP contribution in [0.15, 0.2) is 30.5 Å². The van der Waals surface area contributed by atoms with E-state index in [-0.39, 0.29) is 11.0 Å². The fraction of sp³-hybridized carbons (Fsp3) is 0.640. The minimum Gasteiger partial charge on any atom is -0.375 e. The number of hydrogen-bond acceptors (Lipinski definition) is 3. The molecule has 1 heterocycles. The fourth-order valence-corrected chi connectivity index (χ4v) is 4.87. The molecule has 1 aliphatic carbocycles. The summed E-state index contributed by atoms with van der Waals surface area (Å²) >= 11 is 0. The van der Waals surface area contributed by atoms with Crippen LogP contribution < -0.4 is 4.90 Å². The molecule has 0 N–H and O–H groups in total. The summed E-state index contributed by atoms with van der Waals surface area (Å²) in [5.74, 6) is 0. The molecule has 2 atom stereocenters. The third-order valence-corrected chi connectivity index (χ3v) is 6.07. The summed E-state index contributed by atoms with van der Waals surface area (Å²) in [5.41, 5.74) is 3.45. The number of ether oxygens (including phenoxy) is 1. The van der Waals surface area contributed by atoms with Crippen molar-refractivity contribution >= 4 is 5.69 Å². The van der Waals surface area contributed by atoms with E-state index < -0.39 is 0 Å². The third-order valence-electron chi connectivity index (χ3n) is 6.07. The zero-order valence-corrected chi connectivity index (χ0v) is 18.6. The first kappa shape index (κ1) is 22.5. The van der Waals surface area contributed by atoms with E-state index in [4.69, 9.17) is 4.74 Å². The Kier molecular flexibility index (Phi) is 8.13. The number of rotatable bonds is 5. The van der Waals surface area contributed by atoms with Gasteiger partial charge in [0.05, 0.1) is 17.2 Å². The molecular formula is C25H38N2O. The molecule has 3 rings (SSSR count). The Balaban J connectivity index is 0.00000136. The number of allylic oxidation sites excluding steroid dienone is 1. The molecule has 1 saturated carbocycles. The molecule has 2 aliphatic rings. The lowest BCUT2D eigenvalue weighted by atomic mass is 9.67. The molecule has 0 radical (unpaired) electrons. The third kappa shape index (κ3) is 5.39. The molecule has 0 amide bonds. The Labute approximate surface area is 172 Å². The zero-order chi connectivity index (χ0) is 20.6. The highest BCUT2D eigenvalue weighted by Crippen LogP contribution is 2.48. The minimum absolute atomic E-state index is 0.122. The van der Waals surface area contributed by atoms with Gasteiger partial charge in [0.15, 0.2) is 0 Å². The number of nitriles is 1. The summed E-state index contributed by atoms with van der Waals surface area (Å²) in [4.78, 5) is 2.37. The quantitative estimate of drug-likeness (QED) is 0.565. The lowest BCUT2D eigenvalue weighted by Crippen LogP contribution is -2.44. The molecule has 2 fully saturated rings. The molecule has 1 aromatic rings. The van der Waals surface area contributed by atoms with Gasteiger partial charge >= 0.3 is 0 Å². The van der Waals surface area contributed by atoms with E-state index in [0.717, 1.165) is 37.2 Å². The maximum Gasteiger partial charge on any atom is 0.0992 e. The lowest BCUT2D eigenvalue weighted by Gasteiger charge is -2.46. The maximum absolute atomic E-state index is 9.32. The summed E-state index contributed by atoms with van der Waals surface area (Å²) < 4.78 is 6.23. The van der Waals surface area contributed by atoms with Gasteiger partial charge in [0.25, 0.3) is 0 Å². The van der Waals surface area contributed by atoms with Crippen LogP contribution >= 0.6 is 0 Å². The molecule has 28 heavy (non-hydrogen) atoms. The van der Waals surface area contributed by atoms with Crippen LogP contribution in [0, 0.1) is 23.7 Å². The Hall–Kier alpha value is -1.79. The van der Waals surface area contributed by atoms with Crippen molar-refractivity contribution in [3.8, 4) is 6.07 Å². The summed E-state index contributed by atoms with van der Waals surface area (Å²) in [6.07, 6.45) is 12.7. The Morgan fingerprint density at radius 2 is 1.96 bits per heavy atom. The number of benzene rings is 1. The molecular weight excluding hydrogens is 344 g/mol. The normalized spacial score (nSPS) is 26.7. The van der Waals surface area contributed by atoms with Crippen molar-refractivity contribution in [2.75, 3.05) is 18.1 Å². The lowest BCUT2D eigenvalue weighted by molar-refractivity contribution is -0.0610. The first-order chi connectivity index (χ1) is 13.5. The second-order valence-corrected chi connectivity index (χ2v) is 8.51. The van der Waals surface area contributed by atoms with Crippen molar-refractivity contribution < 1.29 is 4.74 Å². The smallest absolute Gasteiger partial charge is 0.0992 e. The average Bonchev–Trinajstić information content (AvgIpc) is 3.14. The van der Waals surface area contributed by atoms with E-state index in [2.05, 4.69) is 50.1 Å². The Morgan fingerprint density at radius 1 is 1.21 bits per heavy atom. The van der Waals surface area contributed by atoms with E-state index in [1.165, 1.54) is 37.7 Å². The van der Waals surface area contributed by atoms with Crippen LogP contribution in [0.1, 0.15) is 83.8 Å². The monoisotopic (exact) mass is 382 g/mol. The second kappa shape index (κ2) is 10.1. The van der Waals surface area contributed by atoms with Crippen molar-refractivity contribution in [3.63, 3.8) is 0 Å². The largest absolute Gasteiger partial charge is 0.375 e. The van der Waals surface area contributed by atoms with Gasteiger partial charge in [0.2, 0.25) is 0 Å². The molecule has 154 valence electrons. The predicted molar refractivity (Wildman–Crippen MR) is 119 cm³/mol. The second-order valence-electron chi connectivity index (χ2n) is 8.51. The van der Waals surface area contributed by atoms with Crippen LogP contribution in [0.2, 0.25) is 0 Å². The van der Waals surface area contributed by atoms with Crippen LogP contribution in [0.3, 0.4) is 0 Å². The number of hydrogen-bond donors (Lipinski definition) is 0. The summed E-state index contributed by atoms with van der Waals surface area (Å²) in [6.45, 7) is 12.6. The van der Waals surface area contributed by atoms with E-state index in [1.807, 2.05) is 26.0 Å². The van der Waals surface area contributed by atoms with Gasteiger partial charge in [-0.1, -0.05) is 39.8 Å². The van der Waals surface area contributed by atoms with Crippen molar-refractivity contribution in [3.05, 3.63) is 41.6 Å². The molecule has 1 unspecified atom stereocenters. The minimum atomic E-state index is 0.122. The molecule has 1 spiro atoms.